The van der Waals surface area contributed by atoms with Crippen LogP contribution in [0, 0.1) is 5.82 Å². The van der Waals surface area contributed by atoms with Crippen LogP contribution in [-0.2, 0) is 14.3 Å². The highest BCUT2D eigenvalue weighted by Crippen LogP contribution is 2.41. The van der Waals surface area contributed by atoms with Gasteiger partial charge >= 0.3 is 5.97 Å². The molecule has 0 aliphatic heterocycles. The first-order valence-electron chi connectivity index (χ1n) is 7.31. The standard InChI is InChI=1S/C14H12FNO4S.C3H8O/c1-19-14(18)13-11(20-6-5-17)10(15)12(21-13)8-3-2-4-9(16)7-8;1-3-4-2/h2-5,7H,6,16H2,1H3;3H2,1-2H3. The lowest BCUT2D eigenvalue weighted by Gasteiger charge is -2.02. The monoisotopic (exact) mass is 369 g/mol. The summed E-state index contributed by atoms with van der Waals surface area (Å²) < 4.78 is 28.6. The number of benzene rings is 1. The number of thiophene rings is 1. The number of carbonyl (C=O) groups excluding carboxylic acids is 2. The summed E-state index contributed by atoms with van der Waals surface area (Å²) in [6.45, 7) is 2.42. The van der Waals surface area contributed by atoms with Crippen molar-refractivity contribution < 1.29 is 28.2 Å². The number of ether oxygens (including phenoxy) is 3. The lowest BCUT2D eigenvalue weighted by Crippen LogP contribution is -2.05. The minimum Gasteiger partial charge on any atom is -0.481 e. The smallest absolute Gasteiger partial charge is 0.352 e. The van der Waals surface area contributed by atoms with E-state index >= 15 is 0 Å². The summed E-state index contributed by atoms with van der Waals surface area (Å²) in [4.78, 5) is 22.2. The van der Waals surface area contributed by atoms with Crippen LogP contribution < -0.4 is 10.5 Å². The Labute approximate surface area is 149 Å². The van der Waals surface area contributed by atoms with Crippen LogP contribution in [0.5, 0.6) is 5.75 Å². The van der Waals surface area contributed by atoms with Gasteiger partial charge in [-0.05, 0) is 24.6 Å². The zero-order chi connectivity index (χ0) is 18.8. The second-order valence-corrected chi connectivity index (χ2v) is 5.60. The van der Waals surface area contributed by atoms with Crippen LogP contribution in [0.3, 0.4) is 0 Å². The van der Waals surface area contributed by atoms with Crippen molar-refractivity contribution in [1.29, 1.82) is 0 Å². The molecule has 0 aliphatic carbocycles. The zero-order valence-electron chi connectivity index (χ0n) is 14.2. The molecule has 0 amide bonds. The fourth-order valence-corrected chi connectivity index (χ4v) is 2.77. The molecule has 0 atom stereocenters. The average Bonchev–Trinajstić information content (AvgIpc) is 2.96. The number of anilines is 1. The summed E-state index contributed by atoms with van der Waals surface area (Å²) in [6, 6.07) is 6.59. The lowest BCUT2D eigenvalue weighted by atomic mass is 10.1. The van der Waals surface area contributed by atoms with Gasteiger partial charge in [0.25, 0.3) is 0 Å². The number of nitrogens with two attached hydrogens (primary N) is 1. The second kappa shape index (κ2) is 10.4. The van der Waals surface area contributed by atoms with Crippen LogP contribution in [0.1, 0.15) is 16.6 Å². The van der Waals surface area contributed by atoms with Crippen molar-refractivity contribution >= 4 is 29.3 Å². The summed E-state index contributed by atoms with van der Waals surface area (Å²) >= 11 is 0.885. The molecule has 2 N–H and O–H groups in total. The molecule has 6 nitrogen and oxygen atoms in total. The van der Waals surface area contributed by atoms with Crippen molar-refractivity contribution in [1.82, 2.24) is 0 Å². The number of esters is 1. The molecule has 2 rings (SSSR count). The molecule has 25 heavy (non-hydrogen) atoms. The quantitative estimate of drug-likeness (QED) is 0.478. The van der Waals surface area contributed by atoms with E-state index in [0.29, 0.717) is 17.5 Å². The molecule has 8 heteroatoms. The Morgan fingerprint density at radius 2 is 2.04 bits per heavy atom. The number of hydrogen-bond donors (Lipinski definition) is 1. The van der Waals surface area contributed by atoms with E-state index in [2.05, 4.69) is 9.47 Å². The molecule has 0 aliphatic rings. The third-order valence-corrected chi connectivity index (χ3v) is 4.09. The molecule has 1 aromatic heterocycles. The Morgan fingerprint density at radius 3 is 2.56 bits per heavy atom. The maximum atomic E-state index is 14.5. The summed E-state index contributed by atoms with van der Waals surface area (Å²) in [7, 11) is 2.86. The van der Waals surface area contributed by atoms with E-state index < -0.39 is 11.8 Å². The van der Waals surface area contributed by atoms with Crippen LogP contribution in [0.2, 0.25) is 0 Å². The van der Waals surface area contributed by atoms with Crippen molar-refractivity contribution in [3.8, 4) is 16.2 Å². The minimum atomic E-state index is -0.727. The highest BCUT2D eigenvalue weighted by molar-refractivity contribution is 7.17. The van der Waals surface area contributed by atoms with Gasteiger partial charge in [0, 0.05) is 19.4 Å². The van der Waals surface area contributed by atoms with Crippen LogP contribution in [-0.4, -0.2) is 39.7 Å². The third-order valence-electron chi connectivity index (χ3n) is 2.91. The lowest BCUT2D eigenvalue weighted by molar-refractivity contribution is -0.109. The van der Waals surface area contributed by atoms with E-state index in [1.54, 1.807) is 31.4 Å². The van der Waals surface area contributed by atoms with Crippen LogP contribution in [0.4, 0.5) is 10.1 Å². The van der Waals surface area contributed by atoms with Gasteiger partial charge in [0.2, 0.25) is 0 Å². The van der Waals surface area contributed by atoms with Gasteiger partial charge in [-0.2, -0.15) is 0 Å². The van der Waals surface area contributed by atoms with Crippen molar-refractivity contribution in [3.05, 3.63) is 35.0 Å². The molecular weight excluding hydrogens is 349 g/mol. The first kappa shape index (κ1) is 20.6. The number of rotatable bonds is 6. The van der Waals surface area contributed by atoms with E-state index in [1.807, 2.05) is 6.92 Å². The molecule has 0 bridgehead atoms. The fourth-order valence-electron chi connectivity index (χ4n) is 1.73. The number of halogens is 1. The van der Waals surface area contributed by atoms with E-state index in [9.17, 15) is 14.0 Å². The van der Waals surface area contributed by atoms with Gasteiger partial charge in [0.15, 0.2) is 22.7 Å². The molecule has 0 unspecified atom stereocenters. The number of hydrogen-bond acceptors (Lipinski definition) is 7. The molecule has 0 saturated heterocycles. The third kappa shape index (κ3) is 5.54. The normalized spacial score (nSPS) is 9.76. The molecule has 1 aromatic carbocycles. The second-order valence-electron chi connectivity index (χ2n) is 4.58. The number of nitrogen functional groups attached to an aromatic ring is 1. The Balaban J connectivity index is 0.000000705. The van der Waals surface area contributed by atoms with Crippen molar-refractivity contribution in [2.24, 2.45) is 0 Å². The van der Waals surface area contributed by atoms with E-state index in [-0.39, 0.29) is 22.1 Å². The van der Waals surface area contributed by atoms with Crippen LogP contribution >= 0.6 is 11.3 Å². The van der Waals surface area contributed by atoms with Crippen molar-refractivity contribution in [3.63, 3.8) is 0 Å². The van der Waals surface area contributed by atoms with Crippen LogP contribution in [0.25, 0.3) is 10.4 Å². The average molecular weight is 369 g/mol. The molecular formula is C17H20FNO5S. The Hall–Kier alpha value is -2.45. The maximum Gasteiger partial charge on any atom is 0.352 e. The van der Waals surface area contributed by atoms with Gasteiger partial charge in [-0.25, -0.2) is 9.18 Å². The predicted octanol–water partition coefficient (Wildman–Crippen LogP) is 3.15. The Morgan fingerprint density at radius 1 is 1.36 bits per heavy atom. The molecule has 0 spiro atoms. The van der Waals surface area contributed by atoms with Crippen molar-refractivity contribution in [2.45, 2.75) is 6.92 Å². The van der Waals surface area contributed by atoms with Gasteiger partial charge in [0.1, 0.15) is 6.61 Å². The topological polar surface area (TPSA) is 87.8 Å². The van der Waals surface area contributed by atoms with E-state index in [1.165, 1.54) is 7.11 Å². The number of aldehydes is 1. The maximum absolute atomic E-state index is 14.5. The fraction of sp³-hybridized carbons (Fsp3) is 0.294. The number of carbonyl (C=O) groups is 2. The van der Waals surface area contributed by atoms with Crippen molar-refractivity contribution in [2.75, 3.05) is 33.2 Å². The largest absolute Gasteiger partial charge is 0.481 e. The highest BCUT2D eigenvalue weighted by atomic mass is 32.1. The molecule has 0 radical (unpaired) electrons. The highest BCUT2D eigenvalue weighted by Gasteiger charge is 2.26. The van der Waals surface area contributed by atoms with Gasteiger partial charge in [-0.3, -0.25) is 4.79 Å². The zero-order valence-corrected chi connectivity index (χ0v) is 15.0. The van der Waals surface area contributed by atoms with Gasteiger partial charge in [-0.15, -0.1) is 11.3 Å². The van der Waals surface area contributed by atoms with Gasteiger partial charge < -0.3 is 19.9 Å². The molecule has 1 heterocycles. The Bertz CT molecular complexity index is 715. The molecule has 0 saturated carbocycles. The summed E-state index contributed by atoms with van der Waals surface area (Å²) in [5.41, 5.74) is 6.66. The molecule has 136 valence electrons. The van der Waals surface area contributed by atoms with Crippen LogP contribution in [0.15, 0.2) is 24.3 Å². The number of methoxy groups -OCH3 is 2. The Kier molecular flexibility index (Phi) is 8.59. The van der Waals surface area contributed by atoms with Gasteiger partial charge in [0.05, 0.1) is 12.0 Å². The summed E-state index contributed by atoms with van der Waals surface area (Å²) in [5.74, 6) is -1.72. The van der Waals surface area contributed by atoms with E-state index in [0.717, 1.165) is 17.9 Å². The van der Waals surface area contributed by atoms with E-state index in [4.69, 9.17) is 10.5 Å². The van der Waals surface area contributed by atoms with Gasteiger partial charge in [-0.1, -0.05) is 12.1 Å². The molecule has 0 fully saturated rings. The first-order chi connectivity index (χ1) is 12.0. The predicted molar refractivity (Wildman–Crippen MR) is 94.6 cm³/mol. The first-order valence-corrected chi connectivity index (χ1v) is 8.13. The molecule has 2 aromatic rings. The minimum absolute atomic E-state index is 0.0331. The summed E-state index contributed by atoms with van der Waals surface area (Å²) in [6.07, 6.45) is 0.471. The summed E-state index contributed by atoms with van der Waals surface area (Å²) in [5, 5.41) is 0. The SMILES string of the molecule is CCOC.COC(=O)c1sc(-c2cccc(N)c2)c(F)c1OCC=O.